The quantitative estimate of drug-likeness (QED) is 0.149. The summed E-state index contributed by atoms with van der Waals surface area (Å²) in [5.74, 6) is 0.853. The van der Waals surface area contributed by atoms with Gasteiger partial charge in [-0.1, -0.05) is 31.8 Å². The molecule has 0 heterocycles. The van der Waals surface area contributed by atoms with Gasteiger partial charge in [-0.15, -0.1) is 0 Å². The van der Waals surface area contributed by atoms with Crippen molar-refractivity contribution in [2.45, 2.75) is 96.6 Å². The average molecular weight is 453 g/mol. The second-order valence-corrected chi connectivity index (χ2v) is 13.2. The maximum Gasteiger partial charge on any atom is 0.331 e. The maximum atomic E-state index is 12.5. The van der Waals surface area contributed by atoms with Gasteiger partial charge in [-0.3, -0.25) is 9.59 Å². The van der Waals surface area contributed by atoms with E-state index in [9.17, 15) is 9.59 Å². The predicted octanol–water partition coefficient (Wildman–Crippen LogP) is 5.97. The van der Waals surface area contributed by atoms with Crippen molar-refractivity contribution in [3.8, 4) is 0 Å². The highest BCUT2D eigenvalue weighted by Gasteiger charge is 2.30. The standard InChI is InChI=1S/C25H44O5Si/c1-28-31(2,3)30-20-10-5-4-9-19-29-25(27)23-16-14-22(15-17-23)24(26)18-13-21-11-7-6-8-12-21/h13,18,21-23H,4-12,14-17,19-20H2,1-3H3. The highest BCUT2D eigenvalue weighted by atomic mass is 28.4. The molecule has 0 unspecified atom stereocenters. The Kier molecular flexibility index (Phi) is 12.1. The second-order valence-electron chi connectivity index (χ2n) is 9.74. The third kappa shape index (κ3) is 10.5. The van der Waals surface area contributed by atoms with Gasteiger partial charge in [0, 0.05) is 19.6 Å². The van der Waals surface area contributed by atoms with E-state index < -0.39 is 8.56 Å². The molecule has 0 aromatic heterocycles. The summed E-state index contributed by atoms with van der Waals surface area (Å²) in [6.07, 6.45) is 17.6. The molecule has 5 nitrogen and oxygen atoms in total. The Morgan fingerprint density at radius 3 is 2.10 bits per heavy atom. The van der Waals surface area contributed by atoms with Gasteiger partial charge in [0.05, 0.1) is 12.5 Å². The Bertz CT molecular complexity index is 560. The molecule has 178 valence electrons. The van der Waals surface area contributed by atoms with Crippen LogP contribution in [0.5, 0.6) is 0 Å². The number of unbranched alkanes of at least 4 members (excludes halogenated alkanes) is 3. The molecule has 2 aliphatic carbocycles. The van der Waals surface area contributed by atoms with Crippen LogP contribution in [0.4, 0.5) is 0 Å². The first-order chi connectivity index (χ1) is 14.9. The number of ketones is 1. The third-order valence-electron chi connectivity index (χ3n) is 6.87. The summed E-state index contributed by atoms with van der Waals surface area (Å²) >= 11 is 0. The fourth-order valence-electron chi connectivity index (χ4n) is 4.53. The molecule has 6 heteroatoms. The Labute approximate surface area is 190 Å². The highest BCUT2D eigenvalue weighted by Crippen LogP contribution is 2.31. The van der Waals surface area contributed by atoms with E-state index in [1.807, 2.05) is 19.2 Å². The Morgan fingerprint density at radius 1 is 0.839 bits per heavy atom. The van der Waals surface area contributed by atoms with E-state index in [-0.39, 0.29) is 23.6 Å². The van der Waals surface area contributed by atoms with E-state index in [0.717, 1.165) is 58.0 Å². The van der Waals surface area contributed by atoms with Gasteiger partial charge < -0.3 is 13.6 Å². The molecule has 0 atom stereocenters. The summed E-state index contributed by atoms with van der Waals surface area (Å²) in [4.78, 5) is 24.8. The van der Waals surface area contributed by atoms with Crippen LogP contribution < -0.4 is 0 Å². The largest absolute Gasteiger partial charge is 0.465 e. The summed E-state index contributed by atoms with van der Waals surface area (Å²) in [6.45, 7) is 5.33. The van der Waals surface area contributed by atoms with Crippen molar-refractivity contribution in [1.29, 1.82) is 0 Å². The number of carbonyl (C=O) groups excluding carboxylic acids is 2. The van der Waals surface area contributed by atoms with Crippen LogP contribution in [0.25, 0.3) is 0 Å². The first-order valence-corrected chi connectivity index (χ1v) is 15.3. The molecule has 2 aliphatic rings. The molecule has 2 fully saturated rings. The summed E-state index contributed by atoms with van der Waals surface area (Å²) in [7, 11) is -0.198. The van der Waals surface area contributed by atoms with E-state index in [4.69, 9.17) is 13.6 Å². The molecule has 0 bridgehead atoms. The number of hydrogen-bond acceptors (Lipinski definition) is 5. The number of esters is 1. The van der Waals surface area contributed by atoms with Crippen molar-refractivity contribution < 1.29 is 23.2 Å². The van der Waals surface area contributed by atoms with Crippen molar-refractivity contribution in [1.82, 2.24) is 0 Å². The number of rotatable bonds is 13. The fourth-order valence-corrected chi connectivity index (χ4v) is 5.29. The van der Waals surface area contributed by atoms with E-state index in [1.54, 1.807) is 7.11 Å². The number of allylic oxidation sites excluding steroid dienone is 2. The van der Waals surface area contributed by atoms with Crippen LogP contribution in [0.15, 0.2) is 12.2 Å². The van der Waals surface area contributed by atoms with Crippen LogP contribution in [0.3, 0.4) is 0 Å². The average Bonchev–Trinajstić information content (AvgIpc) is 2.79. The van der Waals surface area contributed by atoms with Crippen LogP contribution in [0.2, 0.25) is 13.1 Å². The number of hydrogen-bond donors (Lipinski definition) is 0. The molecule has 0 aliphatic heterocycles. The fraction of sp³-hybridized carbons (Fsp3) is 0.840. The van der Waals surface area contributed by atoms with Gasteiger partial charge in [-0.05, 0) is 82.9 Å². The summed E-state index contributed by atoms with van der Waals surface area (Å²) in [5, 5.41) is 0. The predicted molar refractivity (Wildman–Crippen MR) is 126 cm³/mol. The minimum absolute atomic E-state index is 0.0268. The molecule has 0 aromatic rings. The van der Waals surface area contributed by atoms with Crippen LogP contribution in [-0.4, -0.2) is 40.6 Å². The van der Waals surface area contributed by atoms with Crippen molar-refractivity contribution >= 4 is 20.3 Å². The molecule has 2 rings (SSSR count). The lowest BCUT2D eigenvalue weighted by Gasteiger charge is -2.26. The van der Waals surface area contributed by atoms with E-state index in [2.05, 4.69) is 6.08 Å². The molecule has 2 saturated carbocycles. The monoisotopic (exact) mass is 452 g/mol. The zero-order valence-electron chi connectivity index (χ0n) is 20.0. The molecule has 0 N–H and O–H groups in total. The van der Waals surface area contributed by atoms with Crippen LogP contribution >= 0.6 is 0 Å². The van der Waals surface area contributed by atoms with Crippen LogP contribution in [0, 0.1) is 17.8 Å². The van der Waals surface area contributed by atoms with Gasteiger partial charge in [0.2, 0.25) is 0 Å². The summed E-state index contributed by atoms with van der Waals surface area (Å²) < 4.78 is 16.6. The molecule has 31 heavy (non-hydrogen) atoms. The number of carbonyl (C=O) groups is 2. The molecule has 0 aromatic carbocycles. The lowest BCUT2D eigenvalue weighted by atomic mass is 9.79. The topological polar surface area (TPSA) is 61.8 Å². The van der Waals surface area contributed by atoms with Crippen LogP contribution in [-0.2, 0) is 23.2 Å². The Hall–Kier alpha value is -0.983. The van der Waals surface area contributed by atoms with Gasteiger partial charge in [0.25, 0.3) is 0 Å². The lowest BCUT2D eigenvalue weighted by Crippen LogP contribution is -2.33. The summed E-state index contributed by atoms with van der Waals surface area (Å²) in [6, 6.07) is 0. The molecule has 0 radical (unpaired) electrons. The Morgan fingerprint density at radius 2 is 1.45 bits per heavy atom. The lowest BCUT2D eigenvalue weighted by molar-refractivity contribution is -0.150. The van der Waals surface area contributed by atoms with Gasteiger partial charge in [0.15, 0.2) is 5.78 Å². The first-order valence-electron chi connectivity index (χ1n) is 12.5. The van der Waals surface area contributed by atoms with Gasteiger partial charge >= 0.3 is 14.5 Å². The highest BCUT2D eigenvalue weighted by molar-refractivity contribution is 6.64. The molecule has 0 amide bonds. The first kappa shape index (κ1) is 26.3. The SMILES string of the molecule is CO[Si](C)(C)OCCCCCCOC(=O)C1CCC(C(=O)C=CC2CCCCC2)CC1. The van der Waals surface area contributed by atoms with Crippen molar-refractivity contribution in [3.63, 3.8) is 0 Å². The second kappa shape index (κ2) is 14.2. The zero-order valence-corrected chi connectivity index (χ0v) is 21.0. The Balaban J connectivity index is 1.51. The normalized spacial score (nSPS) is 23.2. The van der Waals surface area contributed by atoms with Crippen molar-refractivity contribution in [2.75, 3.05) is 20.3 Å². The van der Waals surface area contributed by atoms with Crippen molar-refractivity contribution in [2.24, 2.45) is 17.8 Å². The summed E-state index contributed by atoms with van der Waals surface area (Å²) in [5.41, 5.74) is 0. The van der Waals surface area contributed by atoms with Gasteiger partial charge in [0.1, 0.15) is 0 Å². The third-order valence-corrected chi connectivity index (χ3v) is 8.75. The minimum atomic E-state index is -1.91. The minimum Gasteiger partial charge on any atom is -0.465 e. The maximum absolute atomic E-state index is 12.5. The molecule has 0 saturated heterocycles. The van der Waals surface area contributed by atoms with Crippen molar-refractivity contribution in [3.05, 3.63) is 12.2 Å². The van der Waals surface area contributed by atoms with Gasteiger partial charge in [-0.2, -0.15) is 0 Å². The molecule has 0 spiro atoms. The molecular formula is C25H44O5Si. The van der Waals surface area contributed by atoms with Gasteiger partial charge in [-0.25, -0.2) is 0 Å². The zero-order chi connectivity index (χ0) is 22.5. The van der Waals surface area contributed by atoms with E-state index in [1.165, 1.54) is 32.1 Å². The van der Waals surface area contributed by atoms with E-state index >= 15 is 0 Å². The molecular weight excluding hydrogens is 408 g/mol. The number of ether oxygens (including phenoxy) is 1. The van der Waals surface area contributed by atoms with Crippen LogP contribution in [0.1, 0.15) is 83.5 Å². The smallest absolute Gasteiger partial charge is 0.331 e. The van der Waals surface area contributed by atoms with E-state index in [0.29, 0.717) is 12.5 Å².